The van der Waals surface area contributed by atoms with E-state index in [0.717, 1.165) is 16.4 Å². The minimum Gasteiger partial charge on any atom is -0.488 e. The van der Waals surface area contributed by atoms with Crippen LogP contribution in [0.15, 0.2) is 67.0 Å². The molecule has 4 aliphatic rings. The Bertz CT molecular complexity index is 2330. The predicted octanol–water partition coefficient (Wildman–Crippen LogP) is 3.92. The molecule has 3 aliphatic heterocycles. The van der Waals surface area contributed by atoms with Crippen LogP contribution in [0.25, 0.3) is 10.9 Å². The number of pyridine rings is 2. The number of rotatable bonds is 7. The molecule has 2 aromatic heterocycles. The van der Waals surface area contributed by atoms with Crippen LogP contribution in [0, 0.1) is 22.2 Å². The fourth-order valence-corrected chi connectivity index (χ4v) is 9.48. The number of primary amides is 1. The average molecular weight is 741 g/mol. The van der Waals surface area contributed by atoms with E-state index < -0.39 is 52.6 Å². The molecule has 4 aromatic rings. The van der Waals surface area contributed by atoms with Gasteiger partial charge in [-0.15, -0.1) is 0 Å². The zero-order valence-electron chi connectivity index (χ0n) is 31.0. The van der Waals surface area contributed by atoms with Crippen molar-refractivity contribution < 1.29 is 28.7 Å². The number of hydrogen-bond donors (Lipinski definition) is 1. The summed E-state index contributed by atoms with van der Waals surface area (Å²) in [6.07, 6.45) is 2.68. The van der Waals surface area contributed by atoms with Crippen LogP contribution in [0.5, 0.6) is 5.75 Å². The van der Waals surface area contributed by atoms with Crippen LogP contribution in [0.2, 0.25) is 0 Å². The standard InChI is InChI=1S/C41H40N8O6/c1-40(2)38(41(3,4)39(40)55-30-12-7-23(21-42)33-27(30)6-5-15-44-33)49-32(50)14-11-29(37(49)54)48-35(52)26-10-9-25(20-28(26)36(48)53)46-16-18-47(19-17-46)31-13-8-24(22-45-31)34(43)51/h5-10,12-13,15,20,22,29,38-39H,11,14,16-19H2,1-4H3,(H2,43,51). The summed E-state index contributed by atoms with van der Waals surface area (Å²) in [5.41, 5.74) is 6.43. The van der Waals surface area contributed by atoms with Crippen LogP contribution in [0.4, 0.5) is 11.5 Å². The van der Waals surface area contributed by atoms with Gasteiger partial charge in [-0.25, -0.2) is 4.98 Å². The van der Waals surface area contributed by atoms with Crippen molar-refractivity contribution in [3.8, 4) is 11.8 Å². The molecule has 0 bridgehead atoms. The van der Waals surface area contributed by atoms with Crippen molar-refractivity contribution in [3.05, 3.63) is 89.2 Å². The van der Waals surface area contributed by atoms with Crippen LogP contribution >= 0.6 is 0 Å². The summed E-state index contributed by atoms with van der Waals surface area (Å²) in [6.45, 7) is 10.3. The summed E-state index contributed by atoms with van der Waals surface area (Å²) in [5, 5.41) is 10.3. The molecule has 2 N–H and O–H groups in total. The number of anilines is 2. The van der Waals surface area contributed by atoms with E-state index in [1.54, 1.807) is 48.7 Å². The number of carbonyl (C=O) groups is 5. The Morgan fingerprint density at radius 3 is 2.25 bits per heavy atom. The molecule has 14 nitrogen and oxygen atoms in total. The molecule has 5 amide bonds. The summed E-state index contributed by atoms with van der Waals surface area (Å²) in [7, 11) is 0. The van der Waals surface area contributed by atoms with Crippen molar-refractivity contribution >= 4 is 51.9 Å². The van der Waals surface area contributed by atoms with Gasteiger partial charge >= 0.3 is 0 Å². The summed E-state index contributed by atoms with van der Waals surface area (Å²) in [5.74, 6) is -1.29. The van der Waals surface area contributed by atoms with Gasteiger partial charge in [0, 0.05) is 66.9 Å². The predicted molar refractivity (Wildman–Crippen MR) is 201 cm³/mol. The van der Waals surface area contributed by atoms with Crippen molar-refractivity contribution in [1.82, 2.24) is 19.8 Å². The highest BCUT2D eigenvalue weighted by Crippen LogP contribution is 2.59. The molecule has 1 atom stereocenters. The van der Waals surface area contributed by atoms with Gasteiger partial charge in [-0.2, -0.15) is 5.26 Å². The molecular weight excluding hydrogens is 701 g/mol. The second-order valence-corrected chi connectivity index (χ2v) is 15.8. The molecule has 14 heteroatoms. The Morgan fingerprint density at radius 2 is 1.58 bits per heavy atom. The van der Waals surface area contributed by atoms with Crippen molar-refractivity contribution in [2.24, 2.45) is 16.6 Å². The third-order valence-electron chi connectivity index (χ3n) is 11.8. The maximum Gasteiger partial charge on any atom is 0.262 e. The van der Waals surface area contributed by atoms with Crippen LogP contribution in [-0.4, -0.2) is 93.7 Å². The zero-order chi connectivity index (χ0) is 39.0. The van der Waals surface area contributed by atoms with E-state index in [1.165, 1.54) is 11.1 Å². The van der Waals surface area contributed by atoms with Gasteiger partial charge in [0.25, 0.3) is 17.7 Å². The number of imide groups is 2. The first-order valence-corrected chi connectivity index (χ1v) is 18.3. The highest BCUT2D eigenvalue weighted by atomic mass is 16.5. The van der Waals surface area contributed by atoms with Crippen molar-refractivity contribution in [2.75, 3.05) is 36.0 Å². The molecular formula is C41H40N8O6. The van der Waals surface area contributed by atoms with E-state index in [2.05, 4.69) is 25.8 Å². The number of hydrogen-bond acceptors (Lipinski definition) is 11. The van der Waals surface area contributed by atoms with Gasteiger partial charge in [-0.05, 0) is 61.0 Å². The molecule has 1 saturated carbocycles. The topological polar surface area (TPSA) is 183 Å². The second kappa shape index (κ2) is 12.9. The quantitative estimate of drug-likeness (QED) is 0.271. The third kappa shape index (κ3) is 5.56. The van der Waals surface area contributed by atoms with E-state index >= 15 is 0 Å². The van der Waals surface area contributed by atoms with Gasteiger partial charge in [0.05, 0.1) is 33.8 Å². The Kier molecular flexibility index (Phi) is 8.36. The fraction of sp³-hybridized carbons (Fsp3) is 0.366. The number of piperazine rings is 1. The molecule has 3 fully saturated rings. The van der Waals surface area contributed by atoms with Crippen LogP contribution < -0.4 is 20.3 Å². The van der Waals surface area contributed by atoms with Crippen molar-refractivity contribution in [3.63, 3.8) is 0 Å². The normalized spacial score (nSPS) is 23.1. The summed E-state index contributed by atoms with van der Waals surface area (Å²) in [6, 6.07) is 16.1. The van der Waals surface area contributed by atoms with Crippen molar-refractivity contribution in [2.45, 2.75) is 58.7 Å². The Labute approximate surface area is 317 Å². The Balaban J connectivity index is 0.988. The first-order chi connectivity index (χ1) is 26.2. The second-order valence-electron chi connectivity index (χ2n) is 15.8. The molecule has 0 spiro atoms. The number of benzene rings is 2. The number of nitriles is 1. The lowest BCUT2D eigenvalue weighted by atomic mass is 9.48. The smallest absolute Gasteiger partial charge is 0.262 e. The number of nitrogens with zero attached hydrogens (tertiary/aromatic N) is 7. The Hall–Kier alpha value is -6.36. The van der Waals surface area contributed by atoms with Gasteiger partial charge in [-0.3, -0.25) is 38.8 Å². The molecule has 5 heterocycles. The van der Waals surface area contributed by atoms with Crippen molar-refractivity contribution in [1.29, 1.82) is 5.26 Å². The summed E-state index contributed by atoms with van der Waals surface area (Å²) in [4.78, 5) is 82.7. The van der Waals surface area contributed by atoms with E-state index in [-0.39, 0.29) is 29.9 Å². The lowest BCUT2D eigenvalue weighted by molar-refractivity contribution is -0.215. The van der Waals surface area contributed by atoms with Gasteiger partial charge in [0.15, 0.2) is 0 Å². The maximum absolute atomic E-state index is 14.4. The Morgan fingerprint density at radius 1 is 0.873 bits per heavy atom. The van der Waals surface area contributed by atoms with Gasteiger partial charge in [-0.1, -0.05) is 27.7 Å². The molecule has 1 aliphatic carbocycles. The molecule has 1 unspecified atom stereocenters. The van der Waals surface area contributed by atoms with Crippen LogP contribution in [-0.2, 0) is 9.59 Å². The lowest BCUT2D eigenvalue weighted by Gasteiger charge is -2.66. The molecule has 8 rings (SSSR count). The number of piperidine rings is 1. The maximum atomic E-state index is 14.4. The number of likely N-dealkylation sites (tertiary alicyclic amines) is 1. The third-order valence-corrected chi connectivity index (χ3v) is 11.8. The van der Waals surface area contributed by atoms with E-state index in [1.807, 2.05) is 39.8 Å². The van der Waals surface area contributed by atoms with E-state index in [0.29, 0.717) is 54.0 Å². The number of ether oxygens (including phenoxy) is 1. The first kappa shape index (κ1) is 35.7. The molecule has 0 radical (unpaired) electrons. The van der Waals surface area contributed by atoms with Crippen LogP contribution in [0.3, 0.4) is 0 Å². The van der Waals surface area contributed by atoms with E-state index in [9.17, 15) is 29.2 Å². The molecule has 280 valence electrons. The first-order valence-electron chi connectivity index (χ1n) is 18.3. The minimum absolute atomic E-state index is 0.000430. The SMILES string of the molecule is CC1(C)C(Oc2ccc(C#N)c3ncccc23)C(C)(C)C1N1C(=O)CCC(N2C(=O)c3ccc(N4CCN(c5ccc(C(N)=O)cn5)CC4)cc3C2=O)C1=O. The lowest BCUT2D eigenvalue weighted by Crippen LogP contribution is -2.77. The van der Waals surface area contributed by atoms with Gasteiger partial charge in [0.1, 0.15) is 29.8 Å². The average Bonchev–Trinajstić information content (AvgIpc) is 3.43. The number of fused-ring (bicyclic) bond motifs is 2. The van der Waals surface area contributed by atoms with Gasteiger partial charge < -0.3 is 20.3 Å². The number of aromatic nitrogens is 2. The molecule has 55 heavy (non-hydrogen) atoms. The van der Waals surface area contributed by atoms with Gasteiger partial charge in [0.2, 0.25) is 11.8 Å². The van der Waals surface area contributed by atoms with Crippen LogP contribution in [0.1, 0.15) is 77.2 Å². The zero-order valence-corrected chi connectivity index (χ0v) is 31.0. The number of nitrogens with two attached hydrogens (primary N) is 1. The summed E-state index contributed by atoms with van der Waals surface area (Å²) < 4.78 is 6.65. The molecule has 2 aromatic carbocycles. The fourth-order valence-electron chi connectivity index (χ4n) is 9.48. The van der Waals surface area contributed by atoms with E-state index in [4.69, 9.17) is 10.5 Å². The largest absolute Gasteiger partial charge is 0.488 e. The highest BCUT2D eigenvalue weighted by Gasteiger charge is 2.68. The number of carbonyl (C=O) groups excluding carboxylic acids is 5. The minimum atomic E-state index is -1.13. The monoisotopic (exact) mass is 740 g/mol. The number of amides is 5. The molecule has 2 saturated heterocycles. The highest BCUT2D eigenvalue weighted by molar-refractivity contribution is 6.23. The summed E-state index contributed by atoms with van der Waals surface area (Å²) >= 11 is 0.